The highest BCUT2D eigenvalue weighted by Crippen LogP contribution is 2.31. The summed E-state index contributed by atoms with van der Waals surface area (Å²) < 4.78 is 0. The van der Waals surface area contributed by atoms with Crippen molar-refractivity contribution >= 4 is 23.0 Å². The van der Waals surface area contributed by atoms with E-state index in [1.807, 2.05) is 25.1 Å². The Balaban J connectivity index is 2.08. The van der Waals surface area contributed by atoms with Crippen LogP contribution in [0, 0.1) is 5.92 Å². The summed E-state index contributed by atoms with van der Waals surface area (Å²) in [4.78, 5) is 2.02. The zero-order chi connectivity index (χ0) is 13.1. The van der Waals surface area contributed by atoms with E-state index in [2.05, 4.69) is 17.4 Å². The Labute approximate surface area is 114 Å². The number of rotatable bonds is 4. The molecule has 18 heavy (non-hydrogen) atoms. The number of anilines is 2. The van der Waals surface area contributed by atoms with E-state index < -0.39 is 0 Å². The van der Waals surface area contributed by atoms with Gasteiger partial charge in [-0.05, 0) is 43.5 Å². The first-order valence-electron chi connectivity index (χ1n) is 6.55. The lowest BCUT2D eigenvalue weighted by atomic mass is 10.0. The van der Waals surface area contributed by atoms with Crippen LogP contribution in [-0.4, -0.2) is 26.7 Å². The van der Waals surface area contributed by atoms with Crippen molar-refractivity contribution in [2.75, 3.05) is 30.9 Å². The molecule has 3 N–H and O–H groups in total. The summed E-state index contributed by atoms with van der Waals surface area (Å²) in [6.07, 6.45) is 3.70. The van der Waals surface area contributed by atoms with Gasteiger partial charge in [-0.3, -0.25) is 0 Å². The van der Waals surface area contributed by atoms with Crippen molar-refractivity contribution in [3.63, 3.8) is 0 Å². The standard InChI is InChI=1S/C14H22ClN3/c1-18(2)14-7-6-11(8-12(14)15)17-13-5-3-4-10(13)9-16/h6-8,10,13,17H,3-5,9,16H2,1-2H3. The van der Waals surface area contributed by atoms with Gasteiger partial charge in [-0.1, -0.05) is 18.0 Å². The number of hydrogen-bond donors (Lipinski definition) is 2. The highest BCUT2D eigenvalue weighted by atomic mass is 35.5. The number of nitrogens with zero attached hydrogens (tertiary/aromatic N) is 1. The van der Waals surface area contributed by atoms with Crippen molar-refractivity contribution in [3.05, 3.63) is 23.2 Å². The van der Waals surface area contributed by atoms with E-state index in [-0.39, 0.29) is 0 Å². The average Bonchev–Trinajstić information content (AvgIpc) is 2.76. The second kappa shape index (κ2) is 5.81. The minimum absolute atomic E-state index is 0.497. The van der Waals surface area contributed by atoms with Crippen LogP contribution in [0.15, 0.2) is 18.2 Å². The topological polar surface area (TPSA) is 41.3 Å². The first-order chi connectivity index (χ1) is 8.61. The van der Waals surface area contributed by atoms with Crippen molar-refractivity contribution in [2.45, 2.75) is 25.3 Å². The number of hydrogen-bond acceptors (Lipinski definition) is 3. The van der Waals surface area contributed by atoms with Gasteiger partial charge < -0.3 is 16.0 Å². The molecule has 1 saturated carbocycles. The van der Waals surface area contributed by atoms with E-state index in [1.54, 1.807) is 0 Å². The Morgan fingerprint density at radius 3 is 2.78 bits per heavy atom. The molecule has 0 amide bonds. The van der Waals surface area contributed by atoms with Crippen molar-refractivity contribution < 1.29 is 0 Å². The van der Waals surface area contributed by atoms with Crippen LogP contribution in [0.25, 0.3) is 0 Å². The Morgan fingerprint density at radius 2 is 2.17 bits per heavy atom. The molecule has 1 aromatic carbocycles. The molecule has 1 aliphatic rings. The summed E-state index contributed by atoms with van der Waals surface area (Å²) in [6, 6.07) is 6.64. The first kappa shape index (κ1) is 13.5. The molecule has 1 aliphatic carbocycles. The van der Waals surface area contributed by atoms with Crippen LogP contribution >= 0.6 is 11.6 Å². The number of nitrogens with two attached hydrogens (primary N) is 1. The molecule has 3 nitrogen and oxygen atoms in total. The molecule has 2 atom stereocenters. The molecule has 1 fully saturated rings. The number of nitrogens with one attached hydrogen (secondary N) is 1. The van der Waals surface area contributed by atoms with Gasteiger partial charge in [-0.2, -0.15) is 0 Å². The summed E-state index contributed by atoms with van der Waals surface area (Å²) in [5.74, 6) is 0.595. The van der Waals surface area contributed by atoms with Crippen LogP contribution in [0.2, 0.25) is 5.02 Å². The van der Waals surface area contributed by atoms with E-state index in [1.165, 1.54) is 19.3 Å². The monoisotopic (exact) mass is 267 g/mol. The lowest BCUT2D eigenvalue weighted by Gasteiger charge is -2.22. The molecule has 1 aromatic rings. The van der Waals surface area contributed by atoms with Crippen LogP contribution in [0.1, 0.15) is 19.3 Å². The lowest BCUT2D eigenvalue weighted by Crippen LogP contribution is -2.29. The molecule has 0 spiro atoms. The molecule has 0 aromatic heterocycles. The Morgan fingerprint density at radius 1 is 1.39 bits per heavy atom. The van der Waals surface area contributed by atoms with E-state index in [4.69, 9.17) is 17.3 Å². The van der Waals surface area contributed by atoms with Crippen LogP contribution in [0.4, 0.5) is 11.4 Å². The van der Waals surface area contributed by atoms with Gasteiger partial charge in [-0.15, -0.1) is 0 Å². The van der Waals surface area contributed by atoms with Crippen LogP contribution < -0.4 is 16.0 Å². The van der Waals surface area contributed by atoms with Gasteiger partial charge in [0.1, 0.15) is 0 Å². The second-order valence-electron chi connectivity index (χ2n) is 5.24. The lowest BCUT2D eigenvalue weighted by molar-refractivity contribution is 0.516. The fourth-order valence-corrected chi connectivity index (χ4v) is 3.03. The zero-order valence-corrected chi connectivity index (χ0v) is 11.9. The normalized spacial score (nSPS) is 23.1. The third-order valence-corrected chi connectivity index (χ3v) is 4.05. The fourth-order valence-electron chi connectivity index (χ4n) is 2.68. The SMILES string of the molecule is CN(C)c1ccc(NC2CCCC2CN)cc1Cl. The highest BCUT2D eigenvalue weighted by Gasteiger charge is 2.25. The molecule has 0 bridgehead atoms. The molecule has 0 aliphatic heterocycles. The number of halogens is 1. The molecule has 2 rings (SSSR count). The van der Waals surface area contributed by atoms with Crippen molar-refractivity contribution in [1.82, 2.24) is 0 Å². The summed E-state index contributed by atoms with van der Waals surface area (Å²) in [5.41, 5.74) is 7.94. The fraction of sp³-hybridized carbons (Fsp3) is 0.571. The summed E-state index contributed by atoms with van der Waals surface area (Å²) in [6.45, 7) is 0.765. The smallest absolute Gasteiger partial charge is 0.0659 e. The Hall–Kier alpha value is -0.930. The summed E-state index contributed by atoms with van der Waals surface area (Å²) in [5, 5.41) is 4.35. The third kappa shape index (κ3) is 2.90. The Kier molecular flexibility index (Phi) is 4.36. The van der Waals surface area contributed by atoms with E-state index in [0.29, 0.717) is 12.0 Å². The van der Waals surface area contributed by atoms with E-state index in [0.717, 1.165) is 22.9 Å². The molecule has 0 heterocycles. The first-order valence-corrected chi connectivity index (χ1v) is 6.93. The molecular weight excluding hydrogens is 246 g/mol. The zero-order valence-electron chi connectivity index (χ0n) is 11.1. The summed E-state index contributed by atoms with van der Waals surface area (Å²) >= 11 is 6.27. The molecule has 4 heteroatoms. The number of benzene rings is 1. The van der Waals surface area contributed by atoms with Gasteiger partial charge in [0.05, 0.1) is 10.7 Å². The van der Waals surface area contributed by atoms with E-state index in [9.17, 15) is 0 Å². The van der Waals surface area contributed by atoms with Gasteiger partial charge in [0.25, 0.3) is 0 Å². The summed E-state index contributed by atoms with van der Waals surface area (Å²) in [7, 11) is 3.99. The van der Waals surface area contributed by atoms with Crippen molar-refractivity contribution in [1.29, 1.82) is 0 Å². The Bertz CT molecular complexity index is 406. The maximum Gasteiger partial charge on any atom is 0.0659 e. The van der Waals surface area contributed by atoms with Gasteiger partial charge in [0, 0.05) is 25.8 Å². The van der Waals surface area contributed by atoms with Gasteiger partial charge in [0.2, 0.25) is 0 Å². The molecule has 2 unspecified atom stereocenters. The third-order valence-electron chi connectivity index (χ3n) is 3.74. The van der Waals surface area contributed by atoms with Gasteiger partial charge in [-0.25, -0.2) is 0 Å². The van der Waals surface area contributed by atoms with Gasteiger partial charge >= 0.3 is 0 Å². The van der Waals surface area contributed by atoms with Crippen LogP contribution in [0.5, 0.6) is 0 Å². The maximum atomic E-state index is 6.27. The molecule has 0 saturated heterocycles. The largest absolute Gasteiger partial charge is 0.382 e. The van der Waals surface area contributed by atoms with E-state index >= 15 is 0 Å². The van der Waals surface area contributed by atoms with Crippen LogP contribution in [0.3, 0.4) is 0 Å². The van der Waals surface area contributed by atoms with Crippen molar-refractivity contribution in [2.24, 2.45) is 11.7 Å². The minimum Gasteiger partial charge on any atom is -0.382 e. The highest BCUT2D eigenvalue weighted by molar-refractivity contribution is 6.33. The van der Waals surface area contributed by atoms with Crippen molar-refractivity contribution in [3.8, 4) is 0 Å². The van der Waals surface area contributed by atoms with Crippen LogP contribution in [-0.2, 0) is 0 Å². The second-order valence-corrected chi connectivity index (χ2v) is 5.65. The average molecular weight is 268 g/mol. The molecule has 0 radical (unpaired) electrons. The van der Waals surface area contributed by atoms with Gasteiger partial charge in [0.15, 0.2) is 0 Å². The molecular formula is C14H22ClN3. The minimum atomic E-state index is 0.497. The predicted molar refractivity (Wildman–Crippen MR) is 79.6 cm³/mol. The predicted octanol–water partition coefficient (Wildman–Crippen LogP) is 2.95. The quantitative estimate of drug-likeness (QED) is 0.881. The maximum absolute atomic E-state index is 6.27. The molecule has 100 valence electrons.